The van der Waals surface area contributed by atoms with Crippen molar-refractivity contribution in [3.63, 3.8) is 0 Å². The minimum Gasteiger partial charge on any atom is -0.321 e. The van der Waals surface area contributed by atoms with Gasteiger partial charge in [0.25, 0.3) is 5.91 Å². The molecule has 0 aliphatic carbocycles. The first kappa shape index (κ1) is 12.5. The lowest BCUT2D eigenvalue weighted by molar-refractivity contribution is 0.103. The quantitative estimate of drug-likeness (QED) is 0.857. The molecule has 0 radical (unpaired) electrons. The second-order valence-corrected chi connectivity index (χ2v) is 5.36. The average Bonchev–Trinajstić information content (AvgIpc) is 2.70. The Bertz CT molecular complexity index is 572. The van der Waals surface area contributed by atoms with Gasteiger partial charge in [0.1, 0.15) is 10.7 Å². The van der Waals surface area contributed by atoms with E-state index in [4.69, 9.17) is 11.6 Å². The van der Waals surface area contributed by atoms with Crippen LogP contribution in [0.15, 0.2) is 34.1 Å². The zero-order valence-corrected chi connectivity index (χ0v) is 11.5. The van der Waals surface area contributed by atoms with Crippen molar-refractivity contribution in [3.05, 3.63) is 49.8 Å². The van der Waals surface area contributed by atoms with Crippen molar-refractivity contribution >= 4 is 50.5 Å². The molecule has 0 saturated heterocycles. The molecule has 88 valence electrons. The molecular weight excluding hydrogens is 329 g/mol. The minimum atomic E-state index is -0.430. The Morgan fingerprint density at radius 3 is 2.76 bits per heavy atom. The van der Waals surface area contributed by atoms with Crippen LogP contribution in [0.3, 0.4) is 0 Å². The van der Waals surface area contributed by atoms with Gasteiger partial charge < -0.3 is 5.32 Å². The second kappa shape index (κ2) is 5.16. The number of hydrogen-bond donors (Lipinski definition) is 1. The third-order valence-corrected chi connectivity index (χ3v) is 3.98. The van der Waals surface area contributed by atoms with Crippen molar-refractivity contribution in [2.45, 2.75) is 0 Å². The number of carbonyl (C=O) groups is 1. The van der Waals surface area contributed by atoms with Crippen molar-refractivity contribution in [1.82, 2.24) is 0 Å². The average molecular weight is 335 g/mol. The van der Waals surface area contributed by atoms with Gasteiger partial charge in [-0.3, -0.25) is 4.79 Å². The number of rotatable bonds is 2. The molecule has 0 saturated carbocycles. The fraction of sp³-hybridized carbons (Fsp3) is 0. The molecule has 0 fully saturated rings. The van der Waals surface area contributed by atoms with Crippen LogP contribution in [0.4, 0.5) is 10.1 Å². The molecule has 1 heterocycles. The molecule has 2 aromatic rings. The zero-order valence-electron chi connectivity index (χ0n) is 8.34. The molecule has 2 rings (SSSR count). The zero-order chi connectivity index (χ0) is 12.4. The predicted octanol–water partition coefficient (Wildman–Crippen LogP) is 4.56. The lowest BCUT2D eigenvalue weighted by Gasteiger charge is -2.04. The van der Waals surface area contributed by atoms with Crippen LogP contribution in [0, 0.1) is 5.82 Å². The van der Waals surface area contributed by atoms with Crippen molar-refractivity contribution in [1.29, 1.82) is 0 Å². The third-order valence-electron chi connectivity index (χ3n) is 2.00. The molecule has 1 amide bonds. The molecule has 0 bridgehead atoms. The van der Waals surface area contributed by atoms with Crippen molar-refractivity contribution < 1.29 is 9.18 Å². The molecule has 1 aromatic heterocycles. The third kappa shape index (κ3) is 2.86. The van der Waals surface area contributed by atoms with E-state index in [1.54, 1.807) is 17.5 Å². The Hall–Kier alpha value is -0.910. The lowest BCUT2D eigenvalue weighted by atomic mass is 10.3. The Balaban J connectivity index is 2.19. The Morgan fingerprint density at radius 1 is 1.41 bits per heavy atom. The van der Waals surface area contributed by atoms with Crippen molar-refractivity contribution in [2.75, 3.05) is 5.32 Å². The summed E-state index contributed by atoms with van der Waals surface area (Å²) in [7, 11) is 0. The maximum Gasteiger partial charge on any atom is 0.267 e. The summed E-state index contributed by atoms with van der Waals surface area (Å²) in [6.07, 6.45) is 0. The van der Waals surface area contributed by atoms with E-state index < -0.39 is 5.82 Å². The SMILES string of the molecule is O=C(Nc1ccc(Br)c(F)c1)c1sccc1Cl. The van der Waals surface area contributed by atoms with Gasteiger partial charge in [0.15, 0.2) is 0 Å². The van der Waals surface area contributed by atoms with Gasteiger partial charge in [0.2, 0.25) is 0 Å². The summed E-state index contributed by atoms with van der Waals surface area (Å²) in [5.74, 6) is -0.771. The molecule has 1 N–H and O–H groups in total. The van der Waals surface area contributed by atoms with Gasteiger partial charge in [-0.1, -0.05) is 11.6 Å². The highest BCUT2D eigenvalue weighted by atomic mass is 79.9. The Labute approximate surface area is 115 Å². The van der Waals surface area contributed by atoms with Crippen LogP contribution in [0.25, 0.3) is 0 Å². The normalized spacial score (nSPS) is 10.3. The molecule has 2 nitrogen and oxygen atoms in total. The van der Waals surface area contributed by atoms with Crippen LogP contribution in [0.5, 0.6) is 0 Å². The van der Waals surface area contributed by atoms with E-state index in [9.17, 15) is 9.18 Å². The maximum atomic E-state index is 13.2. The highest BCUT2D eigenvalue weighted by Crippen LogP contribution is 2.24. The Kier molecular flexibility index (Phi) is 3.81. The van der Waals surface area contributed by atoms with Crippen LogP contribution in [-0.2, 0) is 0 Å². The van der Waals surface area contributed by atoms with Crippen LogP contribution >= 0.6 is 38.9 Å². The fourth-order valence-electron chi connectivity index (χ4n) is 1.22. The highest BCUT2D eigenvalue weighted by molar-refractivity contribution is 9.10. The molecular formula is C11H6BrClFNOS. The highest BCUT2D eigenvalue weighted by Gasteiger charge is 2.12. The number of hydrogen-bond acceptors (Lipinski definition) is 2. The van der Waals surface area contributed by atoms with Crippen LogP contribution in [0.1, 0.15) is 9.67 Å². The van der Waals surface area contributed by atoms with E-state index in [1.165, 1.54) is 23.5 Å². The topological polar surface area (TPSA) is 29.1 Å². The first-order valence-electron chi connectivity index (χ1n) is 4.57. The van der Waals surface area contributed by atoms with Crippen molar-refractivity contribution in [3.8, 4) is 0 Å². The largest absolute Gasteiger partial charge is 0.321 e. The van der Waals surface area contributed by atoms with Crippen molar-refractivity contribution in [2.24, 2.45) is 0 Å². The van der Waals surface area contributed by atoms with Gasteiger partial charge in [-0.05, 0) is 45.6 Å². The molecule has 0 spiro atoms. The summed E-state index contributed by atoms with van der Waals surface area (Å²) in [6.45, 7) is 0. The van der Waals surface area contributed by atoms with E-state index >= 15 is 0 Å². The van der Waals surface area contributed by atoms with Gasteiger partial charge in [0.05, 0.1) is 9.50 Å². The van der Waals surface area contributed by atoms with Gasteiger partial charge >= 0.3 is 0 Å². The second-order valence-electron chi connectivity index (χ2n) is 3.18. The van der Waals surface area contributed by atoms with Gasteiger partial charge in [-0.15, -0.1) is 11.3 Å². The van der Waals surface area contributed by atoms with E-state index in [-0.39, 0.29) is 5.91 Å². The van der Waals surface area contributed by atoms with Crippen LogP contribution in [0.2, 0.25) is 5.02 Å². The summed E-state index contributed by atoms with van der Waals surface area (Å²) < 4.78 is 13.6. The minimum absolute atomic E-state index is 0.341. The number of carbonyl (C=O) groups excluding carboxylic acids is 1. The van der Waals surface area contributed by atoms with Gasteiger partial charge in [-0.25, -0.2) is 4.39 Å². The summed E-state index contributed by atoms with van der Waals surface area (Å²) in [5, 5.41) is 4.69. The molecule has 0 unspecified atom stereocenters. The number of nitrogens with one attached hydrogen (secondary N) is 1. The first-order valence-corrected chi connectivity index (χ1v) is 6.62. The first-order chi connectivity index (χ1) is 8.08. The monoisotopic (exact) mass is 333 g/mol. The number of thiophene rings is 1. The van der Waals surface area contributed by atoms with E-state index in [0.717, 1.165) is 0 Å². The summed E-state index contributed by atoms with van der Waals surface area (Å²) >= 11 is 10.1. The molecule has 0 atom stereocenters. The van der Waals surface area contributed by atoms with Crippen LogP contribution < -0.4 is 5.32 Å². The van der Waals surface area contributed by atoms with Gasteiger partial charge in [-0.2, -0.15) is 0 Å². The molecule has 0 aliphatic rings. The standard InChI is InChI=1S/C11H6BrClFNOS/c12-7-2-1-6(5-9(7)14)15-11(16)10-8(13)3-4-17-10/h1-5H,(H,15,16). The number of benzene rings is 1. The number of halogens is 3. The fourth-order valence-corrected chi connectivity index (χ4v) is 2.50. The molecule has 6 heteroatoms. The summed E-state index contributed by atoms with van der Waals surface area (Å²) in [5.41, 5.74) is 0.389. The van der Waals surface area contributed by atoms with E-state index in [1.807, 2.05) is 0 Å². The van der Waals surface area contributed by atoms with E-state index in [0.29, 0.717) is 20.1 Å². The smallest absolute Gasteiger partial charge is 0.267 e. The number of amides is 1. The summed E-state index contributed by atoms with van der Waals surface area (Å²) in [4.78, 5) is 12.2. The summed E-state index contributed by atoms with van der Waals surface area (Å²) in [6, 6.07) is 6.01. The number of anilines is 1. The molecule has 17 heavy (non-hydrogen) atoms. The van der Waals surface area contributed by atoms with E-state index in [2.05, 4.69) is 21.2 Å². The molecule has 0 aliphatic heterocycles. The molecule has 1 aromatic carbocycles. The predicted molar refractivity (Wildman–Crippen MR) is 71.4 cm³/mol. The maximum absolute atomic E-state index is 13.2. The van der Waals surface area contributed by atoms with Gasteiger partial charge in [0, 0.05) is 5.69 Å². The Morgan fingerprint density at radius 2 is 2.18 bits per heavy atom. The lowest BCUT2D eigenvalue weighted by Crippen LogP contribution is -2.10. The van der Waals surface area contributed by atoms with Crippen LogP contribution in [-0.4, -0.2) is 5.91 Å².